The van der Waals surface area contributed by atoms with E-state index in [-0.39, 0.29) is 5.91 Å². The maximum Gasteiger partial charge on any atom is 0.246 e. The molecule has 33 heavy (non-hydrogen) atoms. The average Bonchev–Trinajstić information content (AvgIpc) is 2.87. The number of nitrogens with zero attached hydrogens (tertiary/aromatic N) is 4. The fourth-order valence-electron chi connectivity index (χ4n) is 4.06. The van der Waals surface area contributed by atoms with Gasteiger partial charge < -0.3 is 19.3 Å². The predicted octanol–water partition coefficient (Wildman–Crippen LogP) is 3.59. The number of rotatable bonds is 4. The second-order valence-electron chi connectivity index (χ2n) is 8.07. The molecule has 1 saturated heterocycles. The number of aromatic nitrogens is 2. The Morgan fingerprint density at radius 1 is 0.909 bits per heavy atom. The highest BCUT2D eigenvalue weighted by atomic mass is 16.6. The highest BCUT2D eigenvalue weighted by Gasteiger charge is 2.21. The van der Waals surface area contributed by atoms with E-state index in [9.17, 15) is 4.79 Å². The summed E-state index contributed by atoms with van der Waals surface area (Å²) in [5.74, 6) is 3.12. The predicted molar refractivity (Wildman–Crippen MR) is 127 cm³/mol. The third kappa shape index (κ3) is 4.82. The van der Waals surface area contributed by atoms with E-state index in [0.29, 0.717) is 26.3 Å². The van der Waals surface area contributed by atoms with Crippen molar-refractivity contribution in [3.8, 4) is 22.8 Å². The summed E-state index contributed by atoms with van der Waals surface area (Å²) >= 11 is 0. The van der Waals surface area contributed by atoms with Crippen molar-refractivity contribution >= 4 is 17.8 Å². The summed E-state index contributed by atoms with van der Waals surface area (Å²) in [5, 5.41) is 0. The number of benzene rings is 2. The lowest BCUT2D eigenvalue weighted by Crippen LogP contribution is -2.48. The van der Waals surface area contributed by atoms with E-state index >= 15 is 0 Å². The highest BCUT2D eigenvalue weighted by Crippen LogP contribution is 2.31. The van der Waals surface area contributed by atoms with Gasteiger partial charge in [0.2, 0.25) is 5.91 Å². The molecule has 0 radical (unpaired) electrons. The van der Waals surface area contributed by atoms with Crippen molar-refractivity contribution in [3.05, 3.63) is 72.1 Å². The molecule has 3 aromatic rings. The Bertz CT molecular complexity index is 1170. The first-order valence-corrected chi connectivity index (χ1v) is 11.2. The highest BCUT2D eigenvalue weighted by molar-refractivity contribution is 5.92. The summed E-state index contributed by atoms with van der Waals surface area (Å²) in [4.78, 5) is 26.1. The molecule has 5 rings (SSSR count). The van der Waals surface area contributed by atoms with Gasteiger partial charge in [0.1, 0.15) is 24.9 Å². The molecule has 2 aliphatic heterocycles. The molecule has 168 valence electrons. The molecule has 3 heterocycles. The Hall–Kier alpha value is -3.87. The van der Waals surface area contributed by atoms with E-state index in [1.54, 1.807) is 6.08 Å². The first-order chi connectivity index (χ1) is 16.2. The van der Waals surface area contributed by atoms with E-state index in [2.05, 4.69) is 27.0 Å². The molecule has 2 aliphatic rings. The SMILES string of the molecule is Cc1nc(-c2ccccc2)cc(N2CCN(C(=O)/C=C\c3ccc4c(c3)OCCO4)CC2)n1. The summed E-state index contributed by atoms with van der Waals surface area (Å²) in [6, 6.07) is 17.9. The Morgan fingerprint density at radius 3 is 2.45 bits per heavy atom. The smallest absolute Gasteiger partial charge is 0.246 e. The Labute approximate surface area is 193 Å². The standard InChI is InChI=1S/C26H26N4O3/c1-19-27-22(21-5-3-2-4-6-21)18-25(28-19)29-11-13-30(14-12-29)26(31)10-8-20-7-9-23-24(17-20)33-16-15-32-23/h2-10,17-18H,11-16H2,1H3/b10-8-. The molecule has 0 saturated carbocycles. The molecule has 7 nitrogen and oxygen atoms in total. The second-order valence-corrected chi connectivity index (χ2v) is 8.07. The van der Waals surface area contributed by atoms with E-state index in [1.807, 2.05) is 60.4 Å². The molecular weight excluding hydrogens is 416 g/mol. The molecule has 0 N–H and O–H groups in total. The molecular formula is C26H26N4O3. The number of amides is 1. The maximum atomic E-state index is 12.7. The zero-order valence-electron chi connectivity index (χ0n) is 18.6. The third-order valence-corrected chi connectivity index (χ3v) is 5.79. The van der Waals surface area contributed by atoms with Gasteiger partial charge in [-0.05, 0) is 30.7 Å². The van der Waals surface area contributed by atoms with Crippen molar-refractivity contribution in [1.29, 1.82) is 0 Å². The van der Waals surface area contributed by atoms with E-state index in [1.165, 1.54) is 0 Å². The van der Waals surface area contributed by atoms with Crippen molar-refractivity contribution in [1.82, 2.24) is 14.9 Å². The van der Waals surface area contributed by atoms with Crippen LogP contribution in [0.15, 0.2) is 60.7 Å². The number of ether oxygens (including phenoxy) is 2. The monoisotopic (exact) mass is 442 g/mol. The summed E-state index contributed by atoms with van der Waals surface area (Å²) in [6.45, 7) is 5.78. The Balaban J connectivity index is 1.22. The van der Waals surface area contributed by atoms with Gasteiger partial charge in [0.25, 0.3) is 0 Å². The van der Waals surface area contributed by atoms with Crippen LogP contribution in [0.2, 0.25) is 0 Å². The van der Waals surface area contributed by atoms with Crippen LogP contribution in [0.4, 0.5) is 5.82 Å². The van der Waals surface area contributed by atoms with Crippen LogP contribution in [0.3, 0.4) is 0 Å². The molecule has 0 spiro atoms. The number of aryl methyl sites for hydroxylation is 1. The second kappa shape index (κ2) is 9.32. The quantitative estimate of drug-likeness (QED) is 0.576. The lowest BCUT2D eigenvalue weighted by molar-refractivity contribution is -0.126. The van der Waals surface area contributed by atoms with Crippen LogP contribution >= 0.6 is 0 Å². The van der Waals surface area contributed by atoms with E-state index < -0.39 is 0 Å². The first-order valence-electron chi connectivity index (χ1n) is 11.2. The van der Waals surface area contributed by atoms with Gasteiger partial charge in [0.05, 0.1) is 5.69 Å². The molecule has 1 amide bonds. The largest absolute Gasteiger partial charge is 0.486 e. The fourth-order valence-corrected chi connectivity index (χ4v) is 4.06. The van der Waals surface area contributed by atoms with Gasteiger partial charge in [-0.15, -0.1) is 0 Å². The summed E-state index contributed by atoms with van der Waals surface area (Å²) in [6.07, 6.45) is 3.45. The zero-order chi connectivity index (χ0) is 22.6. The molecule has 0 atom stereocenters. The summed E-state index contributed by atoms with van der Waals surface area (Å²) in [7, 11) is 0. The lowest BCUT2D eigenvalue weighted by Gasteiger charge is -2.35. The minimum Gasteiger partial charge on any atom is -0.486 e. The van der Waals surface area contributed by atoms with E-state index in [4.69, 9.17) is 9.47 Å². The van der Waals surface area contributed by atoms with Gasteiger partial charge in [0.15, 0.2) is 11.5 Å². The minimum atomic E-state index is 0.00776. The number of anilines is 1. The average molecular weight is 443 g/mol. The molecule has 0 aliphatic carbocycles. The van der Waals surface area contributed by atoms with Crippen LogP contribution in [-0.4, -0.2) is 60.2 Å². The van der Waals surface area contributed by atoms with Crippen LogP contribution in [0.25, 0.3) is 17.3 Å². The number of hydrogen-bond acceptors (Lipinski definition) is 6. The normalized spacial score (nSPS) is 15.7. The van der Waals surface area contributed by atoms with Crippen LogP contribution < -0.4 is 14.4 Å². The molecule has 1 fully saturated rings. The number of carbonyl (C=O) groups excluding carboxylic acids is 1. The van der Waals surface area contributed by atoms with Crippen molar-refractivity contribution < 1.29 is 14.3 Å². The van der Waals surface area contributed by atoms with Crippen molar-refractivity contribution in [2.45, 2.75) is 6.92 Å². The number of carbonyl (C=O) groups is 1. The molecule has 2 aromatic carbocycles. The summed E-state index contributed by atoms with van der Waals surface area (Å²) < 4.78 is 11.2. The summed E-state index contributed by atoms with van der Waals surface area (Å²) in [5.41, 5.74) is 2.90. The Kier molecular flexibility index (Phi) is 5.93. The van der Waals surface area contributed by atoms with Crippen molar-refractivity contribution in [2.24, 2.45) is 0 Å². The van der Waals surface area contributed by atoms with Crippen molar-refractivity contribution in [2.75, 3.05) is 44.3 Å². The van der Waals surface area contributed by atoms with Gasteiger partial charge in [-0.25, -0.2) is 9.97 Å². The maximum absolute atomic E-state index is 12.7. The third-order valence-electron chi connectivity index (χ3n) is 5.79. The first kappa shape index (κ1) is 21.0. The van der Waals surface area contributed by atoms with Crippen molar-refractivity contribution in [3.63, 3.8) is 0 Å². The van der Waals surface area contributed by atoms with E-state index in [0.717, 1.165) is 53.1 Å². The molecule has 1 aromatic heterocycles. The van der Waals surface area contributed by atoms with Gasteiger partial charge in [0, 0.05) is 43.9 Å². The topological polar surface area (TPSA) is 67.8 Å². The van der Waals surface area contributed by atoms with Crippen LogP contribution in [0, 0.1) is 6.92 Å². The zero-order valence-corrected chi connectivity index (χ0v) is 18.6. The minimum absolute atomic E-state index is 0.00776. The van der Waals surface area contributed by atoms with Gasteiger partial charge in [-0.1, -0.05) is 36.4 Å². The van der Waals surface area contributed by atoms with Gasteiger partial charge in [-0.2, -0.15) is 0 Å². The van der Waals surface area contributed by atoms with Crippen LogP contribution in [0.5, 0.6) is 11.5 Å². The molecule has 0 bridgehead atoms. The molecule has 0 unspecified atom stereocenters. The number of fused-ring (bicyclic) bond motifs is 1. The van der Waals surface area contributed by atoms with Crippen LogP contribution in [0.1, 0.15) is 11.4 Å². The van der Waals surface area contributed by atoms with Crippen LogP contribution in [-0.2, 0) is 4.79 Å². The lowest BCUT2D eigenvalue weighted by atomic mass is 10.1. The Morgan fingerprint density at radius 2 is 1.67 bits per heavy atom. The fraction of sp³-hybridized carbons (Fsp3) is 0.269. The number of hydrogen-bond donors (Lipinski definition) is 0. The van der Waals surface area contributed by atoms with Gasteiger partial charge in [-0.3, -0.25) is 4.79 Å². The molecule has 7 heteroatoms. The van der Waals surface area contributed by atoms with Gasteiger partial charge >= 0.3 is 0 Å². The number of piperazine rings is 1.